The third-order valence-corrected chi connectivity index (χ3v) is 6.24. The van der Waals surface area contributed by atoms with E-state index in [-0.39, 0.29) is 24.0 Å². The lowest BCUT2D eigenvalue weighted by Crippen LogP contribution is -3.00. The summed E-state index contributed by atoms with van der Waals surface area (Å²) in [7, 11) is 4.42. The van der Waals surface area contributed by atoms with E-state index in [9.17, 15) is 0 Å². The molecule has 0 aromatic heterocycles. The number of hydrogen-bond donors (Lipinski definition) is 1. The molecular weight excluding hydrogens is 453 g/mol. The number of halogens is 1. The molecule has 0 atom stereocenters. The zero-order valence-electron chi connectivity index (χ0n) is 18.1. The van der Waals surface area contributed by atoms with Crippen LogP contribution in [0.5, 0.6) is 0 Å². The smallest absolute Gasteiger partial charge is 0.102 e. The van der Waals surface area contributed by atoms with Gasteiger partial charge in [0.1, 0.15) is 6.54 Å². The Morgan fingerprint density at radius 3 is 1.46 bits per heavy atom. The first-order valence-corrected chi connectivity index (χ1v) is 12.3. The Morgan fingerprint density at radius 2 is 1.04 bits per heavy atom. The maximum atomic E-state index is 9.02. The van der Waals surface area contributed by atoms with Crippen molar-refractivity contribution >= 4 is 11.8 Å². The van der Waals surface area contributed by atoms with Gasteiger partial charge in [0.2, 0.25) is 0 Å². The molecule has 0 aliphatic rings. The van der Waals surface area contributed by atoms with Crippen LogP contribution in [0, 0.1) is 0 Å². The van der Waals surface area contributed by atoms with Gasteiger partial charge in [0.05, 0.1) is 27.2 Å². The standard InChI is InChI=1S/C22H48NOS.HI/c1-4-5-6-7-8-9-10-11-12-13-14-15-16-17-21-25-22-19-23(2,3)18-20-24;/h24H,4-22H2,1-3H3;1H/q+1;/p-1. The lowest BCUT2D eigenvalue weighted by Gasteiger charge is -2.28. The first-order valence-electron chi connectivity index (χ1n) is 11.1. The second-order valence-corrected chi connectivity index (χ2v) is 9.54. The Kier molecular flexibility index (Phi) is 25.0. The summed E-state index contributed by atoms with van der Waals surface area (Å²) in [5.41, 5.74) is 0. The van der Waals surface area contributed by atoms with Crippen LogP contribution in [0.2, 0.25) is 0 Å². The molecule has 1 N–H and O–H groups in total. The van der Waals surface area contributed by atoms with E-state index in [0.29, 0.717) is 6.61 Å². The molecule has 160 valence electrons. The molecular formula is C22H48INOS. The average Bonchev–Trinajstić information content (AvgIpc) is 2.57. The highest BCUT2D eigenvalue weighted by Gasteiger charge is 2.12. The lowest BCUT2D eigenvalue weighted by molar-refractivity contribution is -0.888. The van der Waals surface area contributed by atoms with E-state index in [2.05, 4.69) is 32.8 Å². The molecule has 0 aliphatic carbocycles. The molecule has 0 aromatic rings. The number of thioether (sulfide) groups is 1. The van der Waals surface area contributed by atoms with E-state index < -0.39 is 0 Å². The van der Waals surface area contributed by atoms with Crippen molar-refractivity contribution in [2.75, 3.05) is 45.3 Å². The van der Waals surface area contributed by atoms with Crippen LogP contribution < -0.4 is 24.0 Å². The van der Waals surface area contributed by atoms with E-state index in [0.717, 1.165) is 11.0 Å². The predicted octanol–water partition coefficient (Wildman–Crippen LogP) is 3.27. The number of nitrogens with zero attached hydrogens (tertiary/aromatic N) is 1. The fourth-order valence-corrected chi connectivity index (χ4v) is 4.43. The molecule has 0 spiro atoms. The Morgan fingerprint density at radius 1 is 0.615 bits per heavy atom. The topological polar surface area (TPSA) is 20.2 Å². The van der Waals surface area contributed by atoms with Crippen LogP contribution in [0.3, 0.4) is 0 Å². The average molecular weight is 502 g/mol. The SMILES string of the molecule is CCCCCCCCCCCCCCCCSCC[N+](C)(C)CCO.[I-]. The van der Waals surface area contributed by atoms with Gasteiger partial charge in [-0.1, -0.05) is 90.4 Å². The van der Waals surface area contributed by atoms with Crippen LogP contribution in [-0.4, -0.2) is 54.9 Å². The molecule has 0 heterocycles. The van der Waals surface area contributed by atoms with E-state index >= 15 is 0 Å². The minimum atomic E-state index is 0. The summed E-state index contributed by atoms with van der Waals surface area (Å²) < 4.78 is 0.947. The van der Waals surface area contributed by atoms with E-state index in [4.69, 9.17) is 5.11 Å². The summed E-state index contributed by atoms with van der Waals surface area (Å²) in [4.78, 5) is 0. The van der Waals surface area contributed by atoms with Crippen LogP contribution >= 0.6 is 11.8 Å². The normalized spacial score (nSPS) is 11.5. The molecule has 0 amide bonds. The Hall–Kier alpha value is 1.00. The quantitative estimate of drug-likeness (QED) is 0.157. The largest absolute Gasteiger partial charge is 1.00 e. The maximum Gasteiger partial charge on any atom is 0.102 e. The van der Waals surface area contributed by atoms with Gasteiger partial charge in [-0.25, -0.2) is 0 Å². The monoisotopic (exact) mass is 501 g/mol. The molecule has 26 heavy (non-hydrogen) atoms. The van der Waals surface area contributed by atoms with E-state index in [1.807, 2.05) is 0 Å². The molecule has 0 aromatic carbocycles. The molecule has 0 unspecified atom stereocenters. The molecule has 4 heteroatoms. The van der Waals surface area contributed by atoms with Gasteiger partial charge in [-0.3, -0.25) is 0 Å². The summed E-state index contributed by atoms with van der Waals surface area (Å²) in [6.45, 7) is 4.64. The Labute approximate surface area is 186 Å². The summed E-state index contributed by atoms with van der Waals surface area (Å²) in [6.07, 6.45) is 20.2. The van der Waals surface area contributed by atoms with Crippen LogP contribution in [0.25, 0.3) is 0 Å². The van der Waals surface area contributed by atoms with Crippen molar-refractivity contribution in [3.05, 3.63) is 0 Å². The zero-order valence-corrected chi connectivity index (χ0v) is 21.1. The first-order chi connectivity index (χ1) is 12.1. The van der Waals surface area contributed by atoms with Gasteiger partial charge in [0.15, 0.2) is 0 Å². The van der Waals surface area contributed by atoms with Gasteiger partial charge in [0, 0.05) is 5.75 Å². The number of unbranched alkanes of at least 4 members (excludes halogenated alkanes) is 13. The van der Waals surface area contributed by atoms with Crippen molar-refractivity contribution in [3.63, 3.8) is 0 Å². The zero-order chi connectivity index (χ0) is 18.6. The van der Waals surface area contributed by atoms with Crippen molar-refractivity contribution in [2.45, 2.75) is 96.8 Å². The number of aliphatic hydroxyl groups excluding tert-OH is 1. The predicted molar refractivity (Wildman–Crippen MR) is 117 cm³/mol. The fourth-order valence-electron chi connectivity index (χ4n) is 3.19. The second kappa shape index (κ2) is 22.3. The Balaban J connectivity index is 0. The minimum Gasteiger partial charge on any atom is -1.00 e. The lowest BCUT2D eigenvalue weighted by atomic mass is 10.0. The number of hydrogen-bond acceptors (Lipinski definition) is 2. The van der Waals surface area contributed by atoms with Crippen LogP contribution in [0.15, 0.2) is 0 Å². The van der Waals surface area contributed by atoms with Gasteiger partial charge in [-0.05, 0) is 12.2 Å². The van der Waals surface area contributed by atoms with Crippen molar-refractivity contribution < 1.29 is 33.6 Å². The van der Waals surface area contributed by atoms with Gasteiger partial charge in [0.25, 0.3) is 0 Å². The number of aliphatic hydroxyl groups is 1. The summed E-state index contributed by atoms with van der Waals surface area (Å²) in [5.74, 6) is 2.54. The third-order valence-electron chi connectivity index (χ3n) is 5.19. The van der Waals surface area contributed by atoms with Crippen LogP contribution in [0.1, 0.15) is 96.8 Å². The van der Waals surface area contributed by atoms with Crippen molar-refractivity contribution in [2.24, 2.45) is 0 Å². The highest BCUT2D eigenvalue weighted by molar-refractivity contribution is 7.99. The van der Waals surface area contributed by atoms with Gasteiger partial charge in [-0.15, -0.1) is 0 Å². The second-order valence-electron chi connectivity index (χ2n) is 8.32. The van der Waals surface area contributed by atoms with E-state index in [1.54, 1.807) is 0 Å². The van der Waals surface area contributed by atoms with Gasteiger partial charge < -0.3 is 33.6 Å². The molecule has 0 radical (unpaired) electrons. The first kappa shape index (κ1) is 29.2. The molecule has 0 rings (SSSR count). The third kappa shape index (κ3) is 23.0. The van der Waals surface area contributed by atoms with Crippen LogP contribution in [0.4, 0.5) is 0 Å². The molecule has 0 aliphatic heterocycles. The van der Waals surface area contributed by atoms with Crippen molar-refractivity contribution in [3.8, 4) is 0 Å². The summed E-state index contributed by atoms with van der Waals surface area (Å²) >= 11 is 2.09. The number of likely N-dealkylation sites (N-methyl/N-ethyl adjacent to an activating group) is 1. The molecule has 0 saturated heterocycles. The maximum absolute atomic E-state index is 9.02. The van der Waals surface area contributed by atoms with Crippen molar-refractivity contribution in [1.29, 1.82) is 0 Å². The summed E-state index contributed by atoms with van der Waals surface area (Å²) in [5, 5.41) is 9.02. The molecule has 0 bridgehead atoms. The van der Waals surface area contributed by atoms with Gasteiger partial charge >= 0.3 is 0 Å². The highest BCUT2D eigenvalue weighted by Crippen LogP contribution is 2.14. The molecule has 0 fully saturated rings. The Bertz CT molecular complexity index is 265. The van der Waals surface area contributed by atoms with Crippen LogP contribution in [-0.2, 0) is 0 Å². The number of quaternary nitrogens is 1. The number of rotatable bonds is 20. The highest BCUT2D eigenvalue weighted by atomic mass is 127. The molecule has 2 nitrogen and oxygen atoms in total. The minimum absolute atomic E-state index is 0. The van der Waals surface area contributed by atoms with E-state index in [1.165, 1.54) is 108 Å². The fraction of sp³-hybridized carbons (Fsp3) is 1.00. The molecule has 0 saturated carbocycles. The van der Waals surface area contributed by atoms with Gasteiger partial charge in [-0.2, -0.15) is 11.8 Å². The van der Waals surface area contributed by atoms with Crippen molar-refractivity contribution in [1.82, 2.24) is 0 Å². The summed E-state index contributed by atoms with van der Waals surface area (Å²) in [6, 6.07) is 0.